The van der Waals surface area contributed by atoms with Crippen molar-refractivity contribution in [1.82, 2.24) is 15.0 Å². The standard InChI is InChI=1S/C21H22ClN5O5S/c1-12(24-18(33-5)14-6-8-15(22)9-7-14)17-16(10-23)25-27(26-17)13(2)32-20(30)31-11-21(3,4)19(28)29/h6-9,13H,1,11H2,2-5H3,(H,28,29). The number of nitrogens with zero attached hydrogens (tertiary/aromatic N) is 5. The van der Waals surface area contributed by atoms with E-state index in [1.165, 1.54) is 32.5 Å². The molecule has 1 unspecified atom stereocenters. The average molecular weight is 492 g/mol. The van der Waals surface area contributed by atoms with E-state index in [0.717, 1.165) is 10.4 Å². The van der Waals surface area contributed by atoms with Gasteiger partial charge < -0.3 is 14.6 Å². The second-order valence-corrected chi connectivity index (χ2v) is 8.58. The Labute approximate surface area is 199 Å². The molecule has 0 saturated carbocycles. The molecule has 0 amide bonds. The van der Waals surface area contributed by atoms with Gasteiger partial charge in [0.05, 0.1) is 11.1 Å². The van der Waals surface area contributed by atoms with Crippen LogP contribution in [0.1, 0.15) is 44.0 Å². The van der Waals surface area contributed by atoms with Crippen LogP contribution in [0.4, 0.5) is 4.79 Å². The fourth-order valence-electron chi connectivity index (χ4n) is 2.27. The number of ether oxygens (including phenoxy) is 2. The van der Waals surface area contributed by atoms with Crippen molar-refractivity contribution in [3.8, 4) is 6.07 Å². The molecule has 1 heterocycles. The summed E-state index contributed by atoms with van der Waals surface area (Å²) in [6.45, 7) is 7.78. The molecule has 0 fully saturated rings. The molecule has 0 aliphatic heterocycles. The predicted molar refractivity (Wildman–Crippen MR) is 124 cm³/mol. The zero-order valence-corrected chi connectivity index (χ0v) is 20.0. The van der Waals surface area contributed by atoms with Gasteiger partial charge in [-0.25, -0.2) is 9.79 Å². The molecule has 12 heteroatoms. The quantitative estimate of drug-likeness (QED) is 0.323. The van der Waals surface area contributed by atoms with Gasteiger partial charge in [-0.05, 0) is 39.2 Å². The molecule has 0 aliphatic carbocycles. The number of carbonyl (C=O) groups is 2. The molecule has 0 radical (unpaired) electrons. The Morgan fingerprint density at radius 3 is 2.55 bits per heavy atom. The number of carbonyl (C=O) groups excluding carboxylic acids is 1. The lowest BCUT2D eigenvalue weighted by Gasteiger charge is -2.19. The fraction of sp³-hybridized carbons (Fsp3) is 0.333. The van der Waals surface area contributed by atoms with Crippen LogP contribution in [0, 0.1) is 16.7 Å². The third kappa shape index (κ3) is 6.81. The van der Waals surface area contributed by atoms with Gasteiger partial charge in [0.1, 0.15) is 23.4 Å². The summed E-state index contributed by atoms with van der Waals surface area (Å²) in [7, 11) is 0. The molecule has 1 atom stereocenters. The van der Waals surface area contributed by atoms with Gasteiger partial charge in [0, 0.05) is 10.6 Å². The molecule has 2 rings (SSSR count). The summed E-state index contributed by atoms with van der Waals surface area (Å²) in [4.78, 5) is 28.5. The first-order valence-electron chi connectivity index (χ1n) is 9.50. The maximum atomic E-state index is 11.9. The van der Waals surface area contributed by atoms with Crippen LogP contribution in [0.5, 0.6) is 0 Å². The highest BCUT2D eigenvalue weighted by molar-refractivity contribution is 8.13. The average Bonchev–Trinajstić information content (AvgIpc) is 3.21. The molecule has 0 bridgehead atoms. The van der Waals surface area contributed by atoms with Crippen molar-refractivity contribution in [3.63, 3.8) is 0 Å². The molecule has 1 N–H and O–H groups in total. The lowest BCUT2D eigenvalue weighted by molar-refractivity contribution is -0.149. The van der Waals surface area contributed by atoms with E-state index in [0.29, 0.717) is 10.1 Å². The summed E-state index contributed by atoms with van der Waals surface area (Å²) >= 11 is 7.31. The Balaban J connectivity index is 2.17. The number of hydrogen-bond donors (Lipinski definition) is 1. The Morgan fingerprint density at radius 1 is 1.36 bits per heavy atom. The highest BCUT2D eigenvalue weighted by Gasteiger charge is 2.30. The van der Waals surface area contributed by atoms with Gasteiger partial charge in [-0.2, -0.15) is 5.26 Å². The molecule has 10 nitrogen and oxygen atoms in total. The maximum Gasteiger partial charge on any atom is 0.510 e. The molecule has 33 heavy (non-hydrogen) atoms. The second-order valence-electron chi connectivity index (χ2n) is 7.35. The van der Waals surface area contributed by atoms with Gasteiger partial charge in [-0.3, -0.25) is 4.79 Å². The lowest BCUT2D eigenvalue weighted by atomic mass is 9.95. The molecule has 0 aliphatic rings. The molecular weight excluding hydrogens is 470 g/mol. The zero-order chi connectivity index (χ0) is 24.8. The van der Waals surface area contributed by atoms with E-state index in [-0.39, 0.29) is 23.7 Å². The highest BCUT2D eigenvalue weighted by atomic mass is 35.5. The van der Waals surface area contributed by atoms with Gasteiger partial charge in [-0.15, -0.1) is 26.8 Å². The zero-order valence-electron chi connectivity index (χ0n) is 18.4. The van der Waals surface area contributed by atoms with Crippen molar-refractivity contribution in [2.24, 2.45) is 10.4 Å². The van der Waals surface area contributed by atoms with E-state index in [2.05, 4.69) is 21.8 Å². The number of rotatable bonds is 8. The molecule has 2 aromatic rings. The van der Waals surface area contributed by atoms with Crippen LogP contribution in [-0.2, 0) is 14.3 Å². The first-order chi connectivity index (χ1) is 15.5. The number of carboxylic acids is 1. The first-order valence-corrected chi connectivity index (χ1v) is 11.1. The molecule has 0 saturated heterocycles. The van der Waals surface area contributed by atoms with Crippen LogP contribution >= 0.6 is 23.4 Å². The number of nitriles is 1. The number of aromatic nitrogens is 3. The van der Waals surface area contributed by atoms with Crippen LogP contribution in [0.3, 0.4) is 0 Å². The van der Waals surface area contributed by atoms with Crippen molar-refractivity contribution < 1.29 is 24.2 Å². The summed E-state index contributed by atoms with van der Waals surface area (Å²) in [6.07, 6.45) is -0.298. The minimum absolute atomic E-state index is 0.0591. The smallest absolute Gasteiger partial charge is 0.481 e. The van der Waals surface area contributed by atoms with Crippen LogP contribution in [0.25, 0.3) is 5.70 Å². The lowest BCUT2D eigenvalue weighted by Crippen LogP contribution is -2.31. The van der Waals surface area contributed by atoms with Crippen molar-refractivity contribution in [2.75, 3.05) is 12.9 Å². The van der Waals surface area contributed by atoms with Crippen molar-refractivity contribution in [1.29, 1.82) is 5.26 Å². The summed E-state index contributed by atoms with van der Waals surface area (Å²) in [5, 5.41) is 27.9. The van der Waals surface area contributed by atoms with E-state index >= 15 is 0 Å². The van der Waals surface area contributed by atoms with E-state index in [1.807, 2.05) is 12.3 Å². The molecule has 1 aromatic carbocycles. The summed E-state index contributed by atoms with van der Waals surface area (Å²) in [6, 6.07) is 9.00. The number of thioether (sulfide) groups is 1. The maximum absolute atomic E-state index is 11.9. The monoisotopic (exact) mass is 491 g/mol. The van der Waals surface area contributed by atoms with Crippen molar-refractivity contribution in [2.45, 2.75) is 27.0 Å². The summed E-state index contributed by atoms with van der Waals surface area (Å²) in [5.41, 5.74) is -0.218. The fourth-order valence-corrected chi connectivity index (χ4v) is 2.97. The van der Waals surface area contributed by atoms with Crippen LogP contribution in [0.2, 0.25) is 5.02 Å². The van der Waals surface area contributed by atoms with E-state index < -0.39 is 23.8 Å². The van der Waals surface area contributed by atoms with E-state index in [1.54, 1.807) is 24.3 Å². The topological polar surface area (TPSA) is 140 Å². The number of aliphatic imine (C=N–C) groups is 1. The van der Waals surface area contributed by atoms with Crippen molar-refractivity contribution in [3.05, 3.63) is 52.8 Å². The third-order valence-corrected chi connectivity index (χ3v) is 5.22. The Bertz CT molecular complexity index is 1120. The Kier molecular flexibility index (Phi) is 8.62. The first kappa shape index (κ1) is 25.9. The minimum atomic E-state index is -1.28. The molecule has 0 spiro atoms. The highest BCUT2D eigenvalue weighted by Crippen LogP contribution is 2.22. The largest absolute Gasteiger partial charge is 0.510 e. The number of aliphatic carboxylic acids is 1. The molecule has 174 valence electrons. The second kappa shape index (κ2) is 11.0. The van der Waals surface area contributed by atoms with Gasteiger partial charge in [0.15, 0.2) is 5.69 Å². The van der Waals surface area contributed by atoms with Gasteiger partial charge in [0.2, 0.25) is 6.23 Å². The Morgan fingerprint density at radius 2 is 2.00 bits per heavy atom. The number of carboxylic acid groups (broad SMARTS) is 1. The van der Waals surface area contributed by atoms with Gasteiger partial charge in [0.25, 0.3) is 0 Å². The van der Waals surface area contributed by atoms with Gasteiger partial charge in [-0.1, -0.05) is 30.3 Å². The van der Waals surface area contributed by atoms with Gasteiger partial charge >= 0.3 is 12.1 Å². The predicted octanol–water partition coefficient (Wildman–Crippen LogP) is 4.37. The van der Waals surface area contributed by atoms with E-state index in [9.17, 15) is 14.9 Å². The van der Waals surface area contributed by atoms with E-state index in [4.69, 9.17) is 26.2 Å². The number of benzene rings is 1. The summed E-state index contributed by atoms with van der Waals surface area (Å²) < 4.78 is 9.95. The SMILES string of the molecule is C=C(N=C(SC)c1ccc(Cl)cc1)c1nn(C(C)OC(=O)OCC(C)(C)C(=O)O)nc1C#N. The van der Waals surface area contributed by atoms with Crippen molar-refractivity contribution >= 4 is 46.2 Å². The third-order valence-electron chi connectivity index (χ3n) is 4.25. The Hall–Kier alpha value is -3.36. The minimum Gasteiger partial charge on any atom is -0.481 e. The van der Waals surface area contributed by atoms with Crippen LogP contribution in [0.15, 0.2) is 35.8 Å². The van der Waals surface area contributed by atoms with Crippen LogP contribution < -0.4 is 0 Å². The molecule has 1 aromatic heterocycles. The molecular formula is C21H22ClN5O5S. The number of halogens is 1. The summed E-state index contributed by atoms with van der Waals surface area (Å²) in [5.74, 6) is -1.12. The van der Waals surface area contributed by atoms with Crippen LogP contribution in [-0.4, -0.2) is 50.1 Å². The number of hydrogen-bond acceptors (Lipinski definition) is 9. The normalized spacial score (nSPS) is 12.5.